The van der Waals surface area contributed by atoms with Gasteiger partial charge >= 0.3 is 0 Å². The number of ether oxygens (including phenoxy) is 2. The van der Waals surface area contributed by atoms with Crippen molar-refractivity contribution in [3.63, 3.8) is 0 Å². The molecule has 1 aromatic rings. The number of hydrogen-bond acceptors (Lipinski definition) is 4. The fourth-order valence-electron chi connectivity index (χ4n) is 1.99. The van der Waals surface area contributed by atoms with Crippen molar-refractivity contribution in [2.24, 2.45) is 5.73 Å². The SMILES string of the molecule is CN(Cc1ccc2c(c1)OCCO2)C(=O)CCCN. The predicted octanol–water partition coefficient (Wildman–Crippen LogP) is 1.16. The van der Waals surface area contributed by atoms with Gasteiger partial charge in [-0.1, -0.05) is 6.07 Å². The van der Waals surface area contributed by atoms with Gasteiger partial charge in [-0.2, -0.15) is 0 Å². The van der Waals surface area contributed by atoms with E-state index >= 15 is 0 Å². The average Bonchev–Trinajstić information content (AvgIpc) is 2.44. The molecule has 19 heavy (non-hydrogen) atoms. The summed E-state index contributed by atoms with van der Waals surface area (Å²) in [6.45, 7) is 2.27. The maximum atomic E-state index is 11.8. The highest BCUT2D eigenvalue weighted by atomic mass is 16.6. The topological polar surface area (TPSA) is 64.8 Å². The molecule has 0 aromatic heterocycles. The van der Waals surface area contributed by atoms with Crippen LogP contribution in [-0.4, -0.2) is 37.6 Å². The van der Waals surface area contributed by atoms with Crippen molar-refractivity contribution in [2.75, 3.05) is 26.8 Å². The largest absolute Gasteiger partial charge is 0.486 e. The molecule has 0 bridgehead atoms. The van der Waals surface area contributed by atoms with E-state index in [4.69, 9.17) is 15.2 Å². The molecule has 0 saturated carbocycles. The van der Waals surface area contributed by atoms with Gasteiger partial charge in [-0.3, -0.25) is 4.79 Å². The zero-order chi connectivity index (χ0) is 13.7. The minimum absolute atomic E-state index is 0.111. The molecule has 1 heterocycles. The highest BCUT2D eigenvalue weighted by Crippen LogP contribution is 2.31. The lowest BCUT2D eigenvalue weighted by molar-refractivity contribution is -0.130. The molecule has 1 aliphatic heterocycles. The van der Waals surface area contributed by atoms with E-state index in [-0.39, 0.29) is 5.91 Å². The van der Waals surface area contributed by atoms with E-state index in [9.17, 15) is 4.79 Å². The molecular formula is C14H20N2O3. The van der Waals surface area contributed by atoms with Gasteiger partial charge in [0.15, 0.2) is 11.5 Å². The molecule has 0 aliphatic carbocycles. The van der Waals surface area contributed by atoms with Crippen LogP contribution >= 0.6 is 0 Å². The molecule has 5 nitrogen and oxygen atoms in total. The Labute approximate surface area is 113 Å². The van der Waals surface area contributed by atoms with Gasteiger partial charge < -0.3 is 20.1 Å². The van der Waals surface area contributed by atoms with E-state index in [1.54, 1.807) is 11.9 Å². The van der Waals surface area contributed by atoms with Gasteiger partial charge in [0.25, 0.3) is 0 Å². The van der Waals surface area contributed by atoms with Crippen LogP contribution in [-0.2, 0) is 11.3 Å². The fourth-order valence-corrected chi connectivity index (χ4v) is 1.99. The van der Waals surface area contributed by atoms with Gasteiger partial charge in [-0.25, -0.2) is 0 Å². The summed E-state index contributed by atoms with van der Waals surface area (Å²) in [7, 11) is 1.80. The minimum Gasteiger partial charge on any atom is -0.486 e. The molecule has 0 saturated heterocycles. The van der Waals surface area contributed by atoms with Crippen LogP contribution in [0, 0.1) is 0 Å². The summed E-state index contributed by atoms with van der Waals surface area (Å²) in [6.07, 6.45) is 1.22. The van der Waals surface area contributed by atoms with Crippen molar-refractivity contribution in [1.82, 2.24) is 4.90 Å². The second-order valence-electron chi connectivity index (χ2n) is 4.62. The summed E-state index contributed by atoms with van der Waals surface area (Å²) in [4.78, 5) is 13.5. The quantitative estimate of drug-likeness (QED) is 0.866. The van der Waals surface area contributed by atoms with E-state index in [1.807, 2.05) is 18.2 Å². The van der Waals surface area contributed by atoms with Crippen LogP contribution < -0.4 is 15.2 Å². The number of nitrogens with two attached hydrogens (primary N) is 1. The Bertz CT molecular complexity index is 448. The number of amides is 1. The van der Waals surface area contributed by atoms with E-state index in [0.717, 1.165) is 23.5 Å². The van der Waals surface area contributed by atoms with E-state index < -0.39 is 0 Å². The van der Waals surface area contributed by atoms with Gasteiger partial charge in [-0.15, -0.1) is 0 Å². The third-order valence-electron chi connectivity index (χ3n) is 3.05. The molecule has 0 fully saturated rings. The molecule has 0 unspecified atom stereocenters. The lowest BCUT2D eigenvalue weighted by atomic mass is 10.1. The number of hydrogen-bond donors (Lipinski definition) is 1. The molecule has 2 N–H and O–H groups in total. The zero-order valence-electron chi connectivity index (χ0n) is 11.2. The smallest absolute Gasteiger partial charge is 0.222 e. The van der Waals surface area contributed by atoms with Crippen molar-refractivity contribution in [3.05, 3.63) is 23.8 Å². The number of fused-ring (bicyclic) bond motifs is 1. The molecule has 0 radical (unpaired) electrons. The van der Waals surface area contributed by atoms with Gasteiger partial charge in [0, 0.05) is 20.0 Å². The summed E-state index contributed by atoms with van der Waals surface area (Å²) < 4.78 is 11.0. The van der Waals surface area contributed by atoms with Gasteiger partial charge in [0.2, 0.25) is 5.91 Å². The molecule has 0 spiro atoms. The fraction of sp³-hybridized carbons (Fsp3) is 0.500. The summed E-state index contributed by atoms with van der Waals surface area (Å²) in [5.74, 6) is 1.64. The second-order valence-corrected chi connectivity index (χ2v) is 4.62. The lowest BCUT2D eigenvalue weighted by Crippen LogP contribution is -2.26. The van der Waals surface area contributed by atoms with Crippen LogP contribution in [0.4, 0.5) is 0 Å². The van der Waals surface area contributed by atoms with Crippen LogP contribution in [0.2, 0.25) is 0 Å². The lowest BCUT2D eigenvalue weighted by Gasteiger charge is -2.21. The van der Waals surface area contributed by atoms with E-state index in [0.29, 0.717) is 32.7 Å². The maximum absolute atomic E-state index is 11.8. The van der Waals surface area contributed by atoms with E-state index in [2.05, 4.69) is 0 Å². The van der Waals surface area contributed by atoms with Crippen LogP contribution in [0.5, 0.6) is 11.5 Å². The summed E-state index contributed by atoms with van der Waals surface area (Å²) >= 11 is 0. The number of carbonyl (C=O) groups is 1. The Balaban J connectivity index is 1.97. The number of benzene rings is 1. The number of nitrogens with zero attached hydrogens (tertiary/aromatic N) is 1. The first kappa shape index (κ1) is 13.7. The predicted molar refractivity (Wildman–Crippen MR) is 72.2 cm³/mol. The normalized spacial score (nSPS) is 13.2. The van der Waals surface area contributed by atoms with Crippen LogP contribution in [0.1, 0.15) is 18.4 Å². The van der Waals surface area contributed by atoms with Crippen molar-refractivity contribution in [3.8, 4) is 11.5 Å². The van der Waals surface area contributed by atoms with Crippen LogP contribution in [0.3, 0.4) is 0 Å². The Kier molecular flexibility index (Phi) is 4.63. The highest BCUT2D eigenvalue weighted by molar-refractivity contribution is 5.75. The van der Waals surface area contributed by atoms with Crippen LogP contribution in [0.15, 0.2) is 18.2 Å². The van der Waals surface area contributed by atoms with Gasteiger partial charge in [-0.05, 0) is 30.7 Å². The molecule has 5 heteroatoms. The highest BCUT2D eigenvalue weighted by Gasteiger charge is 2.14. The summed E-state index contributed by atoms with van der Waals surface area (Å²) in [5.41, 5.74) is 6.44. The Hall–Kier alpha value is -1.75. The molecule has 0 atom stereocenters. The minimum atomic E-state index is 0.111. The molecular weight excluding hydrogens is 244 g/mol. The number of carbonyl (C=O) groups excluding carboxylic acids is 1. The first-order chi connectivity index (χ1) is 9.20. The van der Waals surface area contributed by atoms with Crippen molar-refractivity contribution in [1.29, 1.82) is 0 Å². The second kappa shape index (κ2) is 6.43. The third-order valence-corrected chi connectivity index (χ3v) is 3.05. The molecule has 2 rings (SSSR count). The van der Waals surface area contributed by atoms with Crippen molar-refractivity contribution < 1.29 is 14.3 Å². The number of rotatable bonds is 5. The zero-order valence-corrected chi connectivity index (χ0v) is 11.2. The first-order valence-electron chi connectivity index (χ1n) is 6.53. The summed E-state index contributed by atoms with van der Waals surface area (Å²) in [6, 6.07) is 5.78. The first-order valence-corrected chi connectivity index (χ1v) is 6.53. The van der Waals surface area contributed by atoms with Gasteiger partial charge in [0.1, 0.15) is 13.2 Å². The maximum Gasteiger partial charge on any atom is 0.222 e. The summed E-state index contributed by atoms with van der Waals surface area (Å²) in [5, 5.41) is 0. The molecule has 1 amide bonds. The molecule has 1 aromatic carbocycles. The molecule has 104 valence electrons. The Morgan fingerprint density at radius 3 is 2.79 bits per heavy atom. The third kappa shape index (κ3) is 3.61. The standard InChI is InChI=1S/C14H20N2O3/c1-16(14(17)3-2-6-15)10-11-4-5-12-13(9-11)19-8-7-18-12/h4-5,9H,2-3,6-8,10,15H2,1H3. The molecule has 1 aliphatic rings. The van der Waals surface area contributed by atoms with Gasteiger partial charge in [0.05, 0.1) is 0 Å². The van der Waals surface area contributed by atoms with Crippen LogP contribution in [0.25, 0.3) is 0 Å². The Morgan fingerprint density at radius 1 is 1.32 bits per heavy atom. The monoisotopic (exact) mass is 264 g/mol. The van der Waals surface area contributed by atoms with Crippen molar-refractivity contribution in [2.45, 2.75) is 19.4 Å². The van der Waals surface area contributed by atoms with Crippen molar-refractivity contribution >= 4 is 5.91 Å². The average molecular weight is 264 g/mol. The Morgan fingerprint density at radius 2 is 2.05 bits per heavy atom. The van der Waals surface area contributed by atoms with E-state index in [1.165, 1.54) is 0 Å².